The Bertz CT molecular complexity index is 406. The molecule has 0 spiro atoms. The first-order chi connectivity index (χ1) is 8.11. The van der Waals surface area contributed by atoms with Gasteiger partial charge < -0.3 is 10.4 Å². The van der Waals surface area contributed by atoms with Crippen molar-refractivity contribution in [3.63, 3.8) is 0 Å². The van der Waals surface area contributed by atoms with Crippen molar-refractivity contribution in [1.82, 2.24) is 9.97 Å². The molecule has 1 aliphatic rings. The summed E-state index contributed by atoms with van der Waals surface area (Å²) in [5.74, 6) is 0.553. The van der Waals surface area contributed by atoms with Crippen LogP contribution >= 0.6 is 0 Å². The summed E-state index contributed by atoms with van der Waals surface area (Å²) in [5, 5.41) is 13.2. The molecular formula is C12H17N3O2. The molecule has 0 aliphatic heterocycles. The highest BCUT2D eigenvalue weighted by atomic mass is 16.3. The number of aldehydes is 1. The van der Waals surface area contributed by atoms with Crippen LogP contribution in [0.15, 0.2) is 12.5 Å². The van der Waals surface area contributed by atoms with E-state index in [-0.39, 0.29) is 6.04 Å². The average Bonchev–Trinajstić information content (AvgIpc) is 2.28. The summed E-state index contributed by atoms with van der Waals surface area (Å²) in [4.78, 5) is 18.7. The van der Waals surface area contributed by atoms with Gasteiger partial charge in [-0.15, -0.1) is 0 Å². The first kappa shape index (κ1) is 12.0. The number of hydrogen-bond acceptors (Lipinski definition) is 5. The molecule has 1 aromatic rings. The van der Waals surface area contributed by atoms with Gasteiger partial charge in [-0.05, 0) is 32.6 Å². The Kier molecular flexibility index (Phi) is 3.38. The van der Waals surface area contributed by atoms with Gasteiger partial charge in [0.15, 0.2) is 6.29 Å². The summed E-state index contributed by atoms with van der Waals surface area (Å²) in [6.45, 7) is 1.85. The molecule has 1 heterocycles. The molecule has 0 saturated heterocycles. The van der Waals surface area contributed by atoms with Crippen LogP contribution in [0, 0.1) is 0 Å². The van der Waals surface area contributed by atoms with Crippen LogP contribution < -0.4 is 5.32 Å². The van der Waals surface area contributed by atoms with E-state index in [4.69, 9.17) is 0 Å². The zero-order chi connectivity index (χ0) is 12.3. The lowest BCUT2D eigenvalue weighted by molar-refractivity contribution is 0.0182. The molecule has 1 aromatic heterocycles. The monoisotopic (exact) mass is 235 g/mol. The van der Waals surface area contributed by atoms with Crippen LogP contribution in [0.1, 0.15) is 43.0 Å². The van der Waals surface area contributed by atoms with Crippen molar-refractivity contribution < 1.29 is 9.90 Å². The van der Waals surface area contributed by atoms with E-state index in [0.717, 1.165) is 25.5 Å². The third-order valence-electron chi connectivity index (χ3n) is 3.16. The Morgan fingerprint density at radius 1 is 1.65 bits per heavy atom. The van der Waals surface area contributed by atoms with Crippen LogP contribution in [0.4, 0.5) is 5.82 Å². The number of rotatable bonds is 3. The number of aliphatic hydroxyl groups is 1. The molecular weight excluding hydrogens is 218 g/mol. The molecule has 5 heteroatoms. The van der Waals surface area contributed by atoms with E-state index in [1.54, 1.807) is 0 Å². The maximum Gasteiger partial charge on any atom is 0.155 e. The number of carbonyl (C=O) groups excluding carboxylic acids is 1. The fourth-order valence-electron chi connectivity index (χ4n) is 2.33. The van der Waals surface area contributed by atoms with Gasteiger partial charge in [-0.2, -0.15) is 0 Å². The molecule has 0 aromatic carbocycles. The predicted octanol–water partition coefficient (Wildman–Crippen LogP) is 1.39. The predicted molar refractivity (Wildman–Crippen MR) is 63.9 cm³/mol. The second kappa shape index (κ2) is 4.79. The van der Waals surface area contributed by atoms with E-state index in [1.807, 2.05) is 6.92 Å². The molecule has 1 fully saturated rings. The topological polar surface area (TPSA) is 75.1 Å². The fourth-order valence-corrected chi connectivity index (χ4v) is 2.33. The molecule has 0 bridgehead atoms. The van der Waals surface area contributed by atoms with Gasteiger partial charge in [-0.25, -0.2) is 9.97 Å². The molecule has 2 N–H and O–H groups in total. The maximum absolute atomic E-state index is 10.8. The minimum absolute atomic E-state index is 0.160. The summed E-state index contributed by atoms with van der Waals surface area (Å²) < 4.78 is 0. The van der Waals surface area contributed by atoms with Crippen molar-refractivity contribution >= 4 is 12.1 Å². The number of carbonyl (C=O) groups is 1. The van der Waals surface area contributed by atoms with Gasteiger partial charge in [-0.3, -0.25) is 4.79 Å². The summed E-state index contributed by atoms with van der Waals surface area (Å²) in [5.41, 5.74) is -0.165. The molecule has 0 amide bonds. The zero-order valence-corrected chi connectivity index (χ0v) is 9.89. The van der Waals surface area contributed by atoms with Crippen molar-refractivity contribution in [2.24, 2.45) is 0 Å². The number of hydrogen-bond donors (Lipinski definition) is 2. The Morgan fingerprint density at radius 2 is 2.47 bits per heavy atom. The minimum Gasteiger partial charge on any atom is -0.390 e. The van der Waals surface area contributed by atoms with Crippen LogP contribution in [-0.4, -0.2) is 33.0 Å². The second-order valence-corrected chi connectivity index (χ2v) is 4.88. The molecule has 1 aliphatic carbocycles. The van der Waals surface area contributed by atoms with Crippen LogP contribution in [0.3, 0.4) is 0 Å². The number of nitrogens with zero attached hydrogens (tertiary/aromatic N) is 2. The van der Waals surface area contributed by atoms with E-state index in [9.17, 15) is 9.90 Å². The van der Waals surface area contributed by atoms with Gasteiger partial charge in [0, 0.05) is 12.2 Å². The Morgan fingerprint density at radius 3 is 3.18 bits per heavy atom. The lowest BCUT2D eigenvalue weighted by Crippen LogP contribution is -2.38. The van der Waals surface area contributed by atoms with Crippen molar-refractivity contribution in [2.75, 3.05) is 5.32 Å². The highest BCUT2D eigenvalue weighted by Gasteiger charge is 2.30. The minimum atomic E-state index is -0.621. The van der Waals surface area contributed by atoms with Crippen molar-refractivity contribution in [3.05, 3.63) is 18.1 Å². The van der Waals surface area contributed by atoms with E-state index < -0.39 is 5.60 Å². The van der Waals surface area contributed by atoms with E-state index in [0.29, 0.717) is 17.8 Å². The molecule has 5 nitrogen and oxygen atoms in total. The van der Waals surface area contributed by atoms with Gasteiger partial charge in [0.1, 0.15) is 12.1 Å². The lowest BCUT2D eigenvalue weighted by atomic mass is 9.83. The molecule has 1 saturated carbocycles. The second-order valence-electron chi connectivity index (χ2n) is 4.88. The van der Waals surface area contributed by atoms with Crippen molar-refractivity contribution in [1.29, 1.82) is 0 Å². The third-order valence-corrected chi connectivity index (χ3v) is 3.16. The molecule has 92 valence electrons. The van der Waals surface area contributed by atoms with Gasteiger partial charge in [-0.1, -0.05) is 0 Å². The van der Waals surface area contributed by atoms with E-state index >= 15 is 0 Å². The Labute approximate surface area is 100 Å². The summed E-state index contributed by atoms with van der Waals surface area (Å²) in [6.07, 6.45) is 7.11. The van der Waals surface area contributed by atoms with Crippen molar-refractivity contribution in [2.45, 2.75) is 44.2 Å². The van der Waals surface area contributed by atoms with Gasteiger partial charge >= 0.3 is 0 Å². The number of anilines is 1. The van der Waals surface area contributed by atoms with Crippen LogP contribution in [-0.2, 0) is 0 Å². The van der Waals surface area contributed by atoms with E-state index in [1.165, 1.54) is 12.5 Å². The van der Waals surface area contributed by atoms with Gasteiger partial charge in [0.05, 0.1) is 11.2 Å². The van der Waals surface area contributed by atoms with Crippen LogP contribution in [0.5, 0.6) is 0 Å². The van der Waals surface area contributed by atoms with E-state index in [2.05, 4.69) is 15.3 Å². The Balaban J connectivity index is 2.07. The zero-order valence-electron chi connectivity index (χ0n) is 9.89. The Hall–Kier alpha value is -1.49. The smallest absolute Gasteiger partial charge is 0.155 e. The first-order valence-corrected chi connectivity index (χ1v) is 5.85. The summed E-state index contributed by atoms with van der Waals surface area (Å²) in [6, 6.07) is 0.160. The first-order valence-electron chi connectivity index (χ1n) is 5.85. The quantitative estimate of drug-likeness (QED) is 0.774. The largest absolute Gasteiger partial charge is 0.390 e. The fraction of sp³-hybridized carbons (Fsp3) is 0.583. The number of nitrogens with one attached hydrogen (secondary N) is 1. The normalized spacial score (nSPS) is 28.7. The highest BCUT2D eigenvalue weighted by molar-refractivity contribution is 5.81. The van der Waals surface area contributed by atoms with Crippen LogP contribution in [0.2, 0.25) is 0 Å². The molecule has 2 rings (SSSR count). The third kappa shape index (κ3) is 3.00. The summed E-state index contributed by atoms with van der Waals surface area (Å²) in [7, 11) is 0. The van der Waals surface area contributed by atoms with Gasteiger partial charge in [0.25, 0.3) is 0 Å². The molecule has 0 unspecified atom stereocenters. The summed E-state index contributed by atoms with van der Waals surface area (Å²) >= 11 is 0. The highest BCUT2D eigenvalue weighted by Crippen LogP contribution is 2.29. The van der Waals surface area contributed by atoms with Gasteiger partial charge in [0.2, 0.25) is 0 Å². The molecule has 2 atom stereocenters. The maximum atomic E-state index is 10.8. The lowest BCUT2D eigenvalue weighted by Gasteiger charge is -2.34. The van der Waals surface area contributed by atoms with Crippen molar-refractivity contribution in [3.8, 4) is 0 Å². The average molecular weight is 235 g/mol. The SMILES string of the molecule is C[C@]1(O)CCC[C@@H](Nc2ncncc2C=O)C1. The molecule has 0 radical (unpaired) electrons. The van der Waals surface area contributed by atoms with Crippen LogP contribution in [0.25, 0.3) is 0 Å². The molecule has 17 heavy (non-hydrogen) atoms. The standard InChI is InChI=1S/C12H17N3O2/c1-12(17)4-2-3-10(5-12)15-11-9(7-16)6-13-8-14-11/h6-8,10,17H,2-5H2,1H3,(H,13,14,15)/t10-,12+/m1/s1. The number of aromatic nitrogens is 2.